The van der Waals surface area contributed by atoms with E-state index in [2.05, 4.69) is 25.6 Å². The predicted molar refractivity (Wildman–Crippen MR) is 55.6 cm³/mol. The molecular weight excluding hydrogens is 280 g/mol. The molecule has 4 nitrogen and oxygen atoms in total. The van der Waals surface area contributed by atoms with Crippen LogP contribution in [0, 0.1) is 0 Å². The number of pyridine rings is 1. The molecule has 1 rings (SSSR count). The Morgan fingerprint density at radius 3 is 2.77 bits per heavy atom. The van der Waals surface area contributed by atoms with Gasteiger partial charge in [-0.2, -0.15) is 0 Å². The van der Waals surface area contributed by atoms with Gasteiger partial charge >= 0.3 is 0 Å². The van der Waals surface area contributed by atoms with E-state index >= 15 is 0 Å². The largest absolute Gasteiger partial charge is 0.267 e. The standard InChI is InChI=1S/C6H6BrClN2O2S/c7-4-13(11,12)10-6-3-1-2-5(8)9-6/h1-3H,4H2,(H,9,10). The van der Waals surface area contributed by atoms with E-state index in [1.54, 1.807) is 12.1 Å². The zero-order valence-corrected chi connectivity index (χ0v) is 9.53. The van der Waals surface area contributed by atoms with E-state index in [-0.39, 0.29) is 15.6 Å². The van der Waals surface area contributed by atoms with Crippen LogP contribution in [0.5, 0.6) is 0 Å². The average Bonchev–Trinajstić information content (AvgIpc) is 2.03. The SMILES string of the molecule is O=S(=O)(CBr)Nc1cccc(Cl)n1. The minimum Gasteiger partial charge on any atom is -0.267 e. The average molecular weight is 286 g/mol. The fourth-order valence-electron chi connectivity index (χ4n) is 0.652. The van der Waals surface area contributed by atoms with Crippen LogP contribution in [0.1, 0.15) is 0 Å². The number of hydrogen-bond acceptors (Lipinski definition) is 3. The number of aromatic nitrogens is 1. The molecule has 1 heterocycles. The molecule has 0 fully saturated rings. The first-order chi connectivity index (χ1) is 6.03. The van der Waals surface area contributed by atoms with Gasteiger partial charge in [0, 0.05) is 0 Å². The van der Waals surface area contributed by atoms with Gasteiger partial charge in [-0.3, -0.25) is 4.72 Å². The highest BCUT2D eigenvalue weighted by molar-refractivity contribution is 9.10. The first kappa shape index (κ1) is 10.7. The van der Waals surface area contributed by atoms with E-state index in [9.17, 15) is 8.42 Å². The third-order valence-corrected chi connectivity index (χ3v) is 3.94. The third-order valence-electron chi connectivity index (χ3n) is 1.12. The van der Waals surface area contributed by atoms with E-state index in [1.807, 2.05) is 0 Å². The van der Waals surface area contributed by atoms with Crippen LogP contribution in [0.3, 0.4) is 0 Å². The molecule has 0 spiro atoms. The Morgan fingerprint density at radius 1 is 1.54 bits per heavy atom. The molecule has 0 aliphatic carbocycles. The van der Waals surface area contributed by atoms with E-state index in [0.29, 0.717) is 0 Å². The lowest BCUT2D eigenvalue weighted by molar-refractivity contribution is 0.606. The summed E-state index contributed by atoms with van der Waals surface area (Å²) in [5.41, 5.74) is 0. The lowest BCUT2D eigenvalue weighted by Gasteiger charge is -2.03. The predicted octanol–water partition coefficient (Wildman–Crippen LogP) is 1.83. The highest BCUT2D eigenvalue weighted by atomic mass is 79.9. The van der Waals surface area contributed by atoms with Crippen molar-refractivity contribution in [1.29, 1.82) is 0 Å². The maximum Gasteiger partial charge on any atom is 0.243 e. The highest BCUT2D eigenvalue weighted by Crippen LogP contribution is 2.11. The number of nitrogens with zero attached hydrogens (tertiary/aromatic N) is 1. The van der Waals surface area contributed by atoms with E-state index in [1.165, 1.54) is 6.07 Å². The van der Waals surface area contributed by atoms with Crippen LogP contribution in [0.4, 0.5) is 5.82 Å². The van der Waals surface area contributed by atoms with Crippen LogP contribution in [0.15, 0.2) is 18.2 Å². The number of nitrogens with one attached hydrogen (secondary N) is 1. The van der Waals surface area contributed by atoms with E-state index < -0.39 is 10.0 Å². The Labute approximate surface area is 89.5 Å². The van der Waals surface area contributed by atoms with Crippen molar-refractivity contribution in [2.45, 2.75) is 0 Å². The van der Waals surface area contributed by atoms with Crippen molar-refractivity contribution in [3.8, 4) is 0 Å². The van der Waals surface area contributed by atoms with Crippen LogP contribution < -0.4 is 4.72 Å². The molecular formula is C6H6BrClN2O2S. The number of halogens is 2. The quantitative estimate of drug-likeness (QED) is 0.681. The fourth-order valence-corrected chi connectivity index (χ4v) is 1.65. The summed E-state index contributed by atoms with van der Waals surface area (Å²) in [5, 5.41) is 0.245. The number of anilines is 1. The molecule has 13 heavy (non-hydrogen) atoms. The maximum atomic E-state index is 11.0. The van der Waals surface area contributed by atoms with Crippen molar-refractivity contribution in [2.24, 2.45) is 0 Å². The number of sulfonamides is 1. The molecule has 0 aliphatic rings. The van der Waals surface area contributed by atoms with Gasteiger partial charge in [0.2, 0.25) is 10.0 Å². The van der Waals surface area contributed by atoms with Crippen molar-refractivity contribution in [1.82, 2.24) is 4.98 Å². The van der Waals surface area contributed by atoms with Gasteiger partial charge in [-0.05, 0) is 12.1 Å². The number of alkyl halides is 1. The molecule has 0 bridgehead atoms. The molecule has 0 atom stereocenters. The second-order valence-corrected chi connectivity index (χ2v) is 5.58. The van der Waals surface area contributed by atoms with Gasteiger partial charge in [-0.25, -0.2) is 13.4 Å². The van der Waals surface area contributed by atoms with Crippen LogP contribution >= 0.6 is 27.5 Å². The van der Waals surface area contributed by atoms with Gasteiger partial charge in [0.1, 0.15) is 15.6 Å². The van der Waals surface area contributed by atoms with Gasteiger partial charge < -0.3 is 0 Å². The second kappa shape index (κ2) is 4.26. The Morgan fingerprint density at radius 2 is 2.23 bits per heavy atom. The molecule has 0 aromatic carbocycles. The summed E-state index contributed by atoms with van der Waals surface area (Å²) in [4.78, 5) is 3.76. The lowest BCUT2D eigenvalue weighted by Crippen LogP contribution is -2.13. The van der Waals surface area contributed by atoms with Crippen LogP contribution in [0.2, 0.25) is 5.15 Å². The molecule has 1 aromatic rings. The molecule has 72 valence electrons. The third kappa shape index (κ3) is 3.50. The van der Waals surface area contributed by atoms with E-state index in [4.69, 9.17) is 11.6 Å². The van der Waals surface area contributed by atoms with Gasteiger partial charge in [-0.15, -0.1) is 0 Å². The molecule has 7 heteroatoms. The smallest absolute Gasteiger partial charge is 0.243 e. The molecule has 0 saturated heterocycles. The Hall–Kier alpha value is -0.330. The lowest BCUT2D eigenvalue weighted by atomic mass is 10.5. The maximum absolute atomic E-state index is 11.0. The first-order valence-corrected chi connectivity index (χ1v) is 6.38. The molecule has 0 radical (unpaired) electrons. The topological polar surface area (TPSA) is 59.1 Å². The fraction of sp³-hybridized carbons (Fsp3) is 0.167. The van der Waals surface area contributed by atoms with E-state index in [0.717, 1.165) is 0 Å². The summed E-state index contributed by atoms with van der Waals surface area (Å²) >= 11 is 8.39. The molecule has 1 aromatic heterocycles. The first-order valence-electron chi connectivity index (χ1n) is 3.22. The van der Waals surface area contributed by atoms with Crippen LogP contribution in [0.25, 0.3) is 0 Å². The molecule has 1 N–H and O–H groups in total. The van der Waals surface area contributed by atoms with Crippen LogP contribution in [-0.2, 0) is 10.0 Å². The van der Waals surface area contributed by atoms with Gasteiger partial charge in [0.25, 0.3) is 0 Å². The summed E-state index contributed by atoms with van der Waals surface area (Å²) in [6.07, 6.45) is 0. The zero-order valence-electron chi connectivity index (χ0n) is 6.37. The minimum absolute atomic E-state index is 0.172. The monoisotopic (exact) mass is 284 g/mol. The minimum atomic E-state index is -3.34. The van der Waals surface area contributed by atoms with Crippen molar-refractivity contribution in [3.63, 3.8) is 0 Å². The summed E-state index contributed by atoms with van der Waals surface area (Å²) in [7, 11) is -3.34. The van der Waals surface area contributed by atoms with Crippen LogP contribution in [-0.4, -0.2) is 18.1 Å². The Kier molecular flexibility index (Phi) is 3.52. The van der Waals surface area contributed by atoms with Crippen molar-refractivity contribution in [3.05, 3.63) is 23.4 Å². The normalized spacial score (nSPS) is 11.2. The summed E-state index contributed by atoms with van der Waals surface area (Å²) < 4.78 is 24.1. The van der Waals surface area contributed by atoms with Crippen molar-refractivity contribution < 1.29 is 8.42 Å². The highest BCUT2D eigenvalue weighted by Gasteiger charge is 2.07. The van der Waals surface area contributed by atoms with Gasteiger partial charge in [0.05, 0.1) is 0 Å². The summed E-state index contributed by atoms with van der Waals surface area (Å²) in [5.74, 6) is 0.215. The molecule has 0 unspecified atom stereocenters. The summed E-state index contributed by atoms with van der Waals surface area (Å²) in [6, 6.07) is 4.70. The molecule has 0 saturated carbocycles. The van der Waals surface area contributed by atoms with Gasteiger partial charge in [0.15, 0.2) is 0 Å². The zero-order chi connectivity index (χ0) is 9.90. The van der Waals surface area contributed by atoms with Gasteiger partial charge in [-0.1, -0.05) is 33.6 Å². The molecule has 0 aliphatic heterocycles. The number of hydrogen-bond donors (Lipinski definition) is 1. The van der Waals surface area contributed by atoms with Crippen molar-refractivity contribution in [2.75, 3.05) is 9.38 Å². The van der Waals surface area contributed by atoms with Crippen molar-refractivity contribution >= 4 is 43.4 Å². The molecule has 0 amide bonds. The summed E-state index contributed by atoms with van der Waals surface area (Å²) in [6.45, 7) is 0. The Balaban J connectivity index is 2.87. The number of rotatable bonds is 3. The Bertz CT molecular complexity index is 395. The second-order valence-electron chi connectivity index (χ2n) is 2.17.